The molecule has 2 nitrogen and oxygen atoms in total. The minimum atomic E-state index is 0.282. The van der Waals surface area contributed by atoms with E-state index in [1.54, 1.807) is 0 Å². The highest BCUT2D eigenvalue weighted by Gasteiger charge is 2.34. The van der Waals surface area contributed by atoms with Crippen molar-refractivity contribution in [1.82, 2.24) is 0 Å². The van der Waals surface area contributed by atoms with Crippen LogP contribution in [0.1, 0.15) is 54.4 Å². The molecule has 0 unspecified atom stereocenters. The fourth-order valence-corrected chi connectivity index (χ4v) is 2.02. The van der Waals surface area contributed by atoms with Crippen LogP contribution in [0.3, 0.4) is 0 Å². The predicted octanol–water partition coefficient (Wildman–Crippen LogP) is 3.60. The van der Waals surface area contributed by atoms with Crippen LogP contribution in [-0.4, -0.2) is 19.0 Å². The second-order valence-electron chi connectivity index (χ2n) is 7.06. The third kappa shape index (κ3) is 4.98. The standard InChI is InChI=1S/C13H26O2/c1-12(2,3)7-10-11(15-9-14-10)8-13(4,5)6/h10-11H,7-9H2,1-6H3/t10-,11-/m0/s1. The molecule has 1 aliphatic heterocycles. The summed E-state index contributed by atoms with van der Waals surface area (Å²) in [7, 11) is 0. The Bertz CT molecular complexity index is 176. The third-order valence-electron chi connectivity index (χ3n) is 2.61. The van der Waals surface area contributed by atoms with Crippen molar-refractivity contribution in [1.29, 1.82) is 0 Å². The molecule has 1 fully saturated rings. The van der Waals surface area contributed by atoms with Crippen LogP contribution in [0.15, 0.2) is 0 Å². The summed E-state index contributed by atoms with van der Waals surface area (Å²) in [5.41, 5.74) is 0.628. The van der Waals surface area contributed by atoms with Crippen LogP contribution >= 0.6 is 0 Å². The summed E-state index contributed by atoms with van der Waals surface area (Å²) < 4.78 is 11.3. The van der Waals surface area contributed by atoms with Gasteiger partial charge in [0.2, 0.25) is 0 Å². The van der Waals surface area contributed by atoms with Gasteiger partial charge in [-0.1, -0.05) is 41.5 Å². The predicted molar refractivity (Wildman–Crippen MR) is 62.8 cm³/mol. The van der Waals surface area contributed by atoms with Crippen molar-refractivity contribution in [3.05, 3.63) is 0 Å². The molecule has 0 aromatic carbocycles. The molecule has 0 aliphatic carbocycles. The minimum Gasteiger partial charge on any atom is -0.349 e. The molecule has 0 spiro atoms. The van der Waals surface area contributed by atoms with Crippen molar-refractivity contribution >= 4 is 0 Å². The van der Waals surface area contributed by atoms with Crippen molar-refractivity contribution < 1.29 is 9.47 Å². The molecule has 0 aromatic rings. The molecule has 1 saturated heterocycles. The molecule has 90 valence electrons. The van der Waals surface area contributed by atoms with Crippen molar-refractivity contribution in [2.24, 2.45) is 10.8 Å². The Labute approximate surface area is 94.3 Å². The van der Waals surface area contributed by atoms with Crippen LogP contribution in [0.25, 0.3) is 0 Å². The van der Waals surface area contributed by atoms with Crippen LogP contribution in [0.4, 0.5) is 0 Å². The number of hydrogen-bond donors (Lipinski definition) is 0. The molecule has 0 radical (unpaired) electrons. The lowest BCUT2D eigenvalue weighted by atomic mass is 9.82. The van der Waals surface area contributed by atoms with Crippen LogP contribution in [0, 0.1) is 10.8 Å². The quantitative estimate of drug-likeness (QED) is 0.699. The van der Waals surface area contributed by atoms with E-state index < -0.39 is 0 Å². The molecule has 2 atom stereocenters. The molecule has 0 saturated carbocycles. The zero-order valence-corrected chi connectivity index (χ0v) is 11.1. The second kappa shape index (κ2) is 4.42. The monoisotopic (exact) mass is 214 g/mol. The molecule has 0 bridgehead atoms. The molecule has 1 heterocycles. The molecule has 1 aliphatic rings. The SMILES string of the molecule is CC(C)(C)C[C@@H]1OCO[C@H]1CC(C)(C)C. The summed E-state index contributed by atoms with van der Waals surface area (Å²) in [6.07, 6.45) is 2.72. The van der Waals surface area contributed by atoms with Crippen molar-refractivity contribution in [3.63, 3.8) is 0 Å². The maximum absolute atomic E-state index is 5.67. The minimum absolute atomic E-state index is 0.282. The van der Waals surface area contributed by atoms with E-state index in [2.05, 4.69) is 41.5 Å². The van der Waals surface area contributed by atoms with Gasteiger partial charge in [-0.15, -0.1) is 0 Å². The van der Waals surface area contributed by atoms with E-state index in [9.17, 15) is 0 Å². The Hall–Kier alpha value is -0.0800. The van der Waals surface area contributed by atoms with Crippen LogP contribution in [0.2, 0.25) is 0 Å². The molecular weight excluding hydrogens is 188 g/mol. The number of ether oxygens (including phenoxy) is 2. The van der Waals surface area contributed by atoms with Gasteiger partial charge in [0.15, 0.2) is 0 Å². The lowest BCUT2D eigenvalue weighted by Crippen LogP contribution is -2.31. The first-order valence-electron chi connectivity index (χ1n) is 5.91. The highest BCUT2D eigenvalue weighted by Crippen LogP contribution is 2.33. The molecule has 0 amide bonds. The maximum Gasteiger partial charge on any atom is 0.147 e. The van der Waals surface area contributed by atoms with E-state index in [1.807, 2.05) is 0 Å². The van der Waals surface area contributed by atoms with Gasteiger partial charge in [0.1, 0.15) is 6.79 Å². The van der Waals surface area contributed by atoms with Crippen LogP contribution < -0.4 is 0 Å². The lowest BCUT2D eigenvalue weighted by Gasteiger charge is -2.29. The Balaban J connectivity index is 2.50. The zero-order chi connectivity index (χ0) is 11.7. The summed E-state index contributed by atoms with van der Waals surface area (Å²) in [5.74, 6) is 0. The van der Waals surface area contributed by atoms with E-state index in [0.717, 1.165) is 12.8 Å². The van der Waals surface area contributed by atoms with Gasteiger partial charge in [-0.05, 0) is 23.7 Å². The fourth-order valence-electron chi connectivity index (χ4n) is 2.02. The molecule has 0 N–H and O–H groups in total. The maximum atomic E-state index is 5.67. The summed E-state index contributed by atoms with van der Waals surface area (Å²) >= 11 is 0. The summed E-state index contributed by atoms with van der Waals surface area (Å²) in [5, 5.41) is 0. The summed E-state index contributed by atoms with van der Waals surface area (Å²) in [6, 6.07) is 0. The third-order valence-corrected chi connectivity index (χ3v) is 2.61. The Kier molecular flexibility index (Phi) is 3.83. The average Bonchev–Trinajstić information content (AvgIpc) is 2.29. The second-order valence-corrected chi connectivity index (χ2v) is 7.06. The smallest absolute Gasteiger partial charge is 0.147 e. The Morgan fingerprint density at radius 3 is 1.40 bits per heavy atom. The van der Waals surface area contributed by atoms with Gasteiger partial charge in [0.25, 0.3) is 0 Å². The Morgan fingerprint density at radius 2 is 1.13 bits per heavy atom. The molecule has 2 heteroatoms. The first kappa shape index (κ1) is 13.0. The van der Waals surface area contributed by atoms with Crippen molar-refractivity contribution in [3.8, 4) is 0 Å². The average molecular weight is 214 g/mol. The largest absolute Gasteiger partial charge is 0.349 e. The topological polar surface area (TPSA) is 18.5 Å². The first-order chi connectivity index (χ1) is 6.67. The summed E-state index contributed by atoms with van der Waals surface area (Å²) in [6.45, 7) is 14.0. The summed E-state index contributed by atoms with van der Waals surface area (Å²) in [4.78, 5) is 0. The van der Waals surface area contributed by atoms with Gasteiger partial charge in [0, 0.05) is 0 Å². The Morgan fingerprint density at radius 1 is 0.800 bits per heavy atom. The fraction of sp³-hybridized carbons (Fsp3) is 1.00. The van der Waals surface area contributed by atoms with Gasteiger partial charge in [-0.25, -0.2) is 0 Å². The van der Waals surface area contributed by atoms with Gasteiger partial charge in [0.05, 0.1) is 12.2 Å². The lowest BCUT2D eigenvalue weighted by molar-refractivity contribution is 0.0287. The van der Waals surface area contributed by atoms with Crippen molar-refractivity contribution in [2.75, 3.05) is 6.79 Å². The molecule has 1 rings (SSSR count). The highest BCUT2D eigenvalue weighted by atomic mass is 16.7. The van der Waals surface area contributed by atoms with E-state index >= 15 is 0 Å². The van der Waals surface area contributed by atoms with Crippen LogP contribution in [-0.2, 0) is 9.47 Å². The zero-order valence-electron chi connectivity index (χ0n) is 11.1. The molecule has 0 aromatic heterocycles. The molecule has 15 heavy (non-hydrogen) atoms. The number of hydrogen-bond acceptors (Lipinski definition) is 2. The van der Waals surface area contributed by atoms with E-state index in [1.165, 1.54) is 0 Å². The van der Waals surface area contributed by atoms with Gasteiger partial charge < -0.3 is 9.47 Å². The normalized spacial score (nSPS) is 28.4. The van der Waals surface area contributed by atoms with E-state index in [-0.39, 0.29) is 12.2 Å². The van der Waals surface area contributed by atoms with E-state index in [0.29, 0.717) is 17.6 Å². The van der Waals surface area contributed by atoms with Gasteiger partial charge in [-0.2, -0.15) is 0 Å². The number of rotatable bonds is 2. The van der Waals surface area contributed by atoms with E-state index in [4.69, 9.17) is 9.47 Å². The van der Waals surface area contributed by atoms with Crippen molar-refractivity contribution in [2.45, 2.75) is 66.6 Å². The first-order valence-corrected chi connectivity index (χ1v) is 5.91. The van der Waals surface area contributed by atoms with Gasteiger partial charge in [-0.3, -0.25) is 0 Å². The molecular formula is C13H26O2. The van der Waals surface area contributed by atoms with Crippen LogP contribution in [0.5, 0.6) is 0 Å². The van der Waals surface area contributed by atoms with Gasteiger partial charge >= 0.3 is 0 Å². The highest BCUT2D eigenvalue weighted by molar-refractivity contribution is 4.82.